The molecule has 1 atom stereocenters. The van der Waals surface area contributed by atoms with Crippen molar-refractivity contribution < 1.29 is 9.21 Å². The van der Waals surface area contributed by atoms with E-state index in [2.05, 4.69) is 5.32 Å². The zero-order valence-corrected chi connectivity index (χ0v) is 9.96. The van der Waals surface area contributed by atoms with Crippen molar-refractivity contribution >= 4 is 17.5 Å². The molecule has 16 heavy (non-hydrogen) atoms. The second-order valence-electron chi connectivity index (χ2n) is 4.02. The number of furan rings is 1. The van der Waals surface area contributed by atoms with Crippen molar-refractivity contribution in [3.05, 3.63) is 23.1 Å². The highest BCUT2D eigenvalue weighted by atomic mass is 35.5. The molecule has 88 valence electrons. The van der Waals surface area contributed by atoms with Gasteiger partial charge in [-0.25, -0.2) is 0 Å². The van der Waals surface area contributed by atoms with Crippen LogP contribution in [0.5, 0.6) is 0 Å². The summed E-state index contributed by atoms with van der Waals surface area (Å²) in [5.41, 5.74) is 0.440. The smallest absolute Gasteiger partial charge is 0.258 e. The van der Waals surface area contributed by atoms with Crippen molar-refractivity contribution in [3.8, 4) is 0 Å². The molecule has 2 heterocycles. The lowest BCUT2D eigenvalue weighted by molar-refractivity contribution is 0.0708. The summed E-state index contributed by atoms with van der Waals surface area (Å²) in [6, 6.07) is 1.85. The minimum absolute atomic E-state index is 0.0764. The van der Waals surface area contributed by atoms with E-state index in [0.717, 1.165) is 25.9 Å². The first-order chi connectivity index (χ1) is 7.70. The van der Waals surface area contributed by atoms with Gasteiger partial charge in [0.05, 0.1) is 11.8 Å². The van der Waals surface area contributed by atoms with Crippen LogP contribution in [0.25, 0.3) is 0 Å². The molecule has 1 aliphatic rings. The highest BCUT2D eigenvalue weighted by molar-refractivity contribution is 6.32. The van der Waals surface area contributed by atoms with Crippen molar-refractivity contribution in [3.63, 3.8) is 0 Å². The lowest BCUT2D eigenvalue weighted by atomic mass is 10.1. The van der Waals surface area contributed by atoms with Crippen LogP contribution in [-0.2, 0) is 0 Å². The van der Waals surface area contributed by atoms with Gasteiger partial charge in [0.1, 0.15) is 0 Å². The molecule has 1 aromatic heterocycles. The molecule has 0 bridgehead atoms. The Hall–Kier alpha value is -1.00. The molecule has 0 aliphatic carbocycles. The van der Waals surface area contributed by atoms with Gasteiger partial charge in [-0.2, -0.15) is 0 Å². The van der Waals surface area contributed by atoms with E-state index in [1.807, 2.05) is 7.05 Å². The van der Waals surface area contributed by atoms with E-state index in [1.165, 1.54) is 6.26 Å². The lowest BCUT2D eigenvalue weighted by Gasteiger charge is -2.31. The number of carbonyl (C=O) groups is 1. The Morgan fingerprint density at radius 3 is 3.06 bits per heavy atom. The molecule has 2 rings (SSSR count). The van der Waals surface area contributed by atoms with Crippen LogP contribution in [0.2, 0.25) is 5.22 Å². The SMILES string of the molecule is CN(C(=O)c1ccoc1Cl)C1CCCNC1. The Morgan fingerprint density at radius 1 is 1.69 bits per heavy atom. The number of rotatable bonds is 2. The number of halogens is 1. The fourth-order valence-corrected chi connectivity index (χ4v) is 2.16. The molecule has 1 aliphatic heterocycles. The summed E-state index contributed by atoms with van der Waals surface area (Å²) >= 11 is 5.79. The van der Waals surface area contributed by atoms with Crippen LogP contribution >= 0.6 is 11.6 Å². The summed E-state index contributed by atoms with van der Waals surface area (Å²) in [7, 11) is 1.81. The molecule has 1 unspecified atom stereocenters. The summed E-state index contributed by atoms with van der Waals surface area (Å²) in [6.07, 6.45) is 3.56. The summed E-state index contributed by atoms with van der Waals surface area (Å²) in [6.45, 7) is 1.88. The molecule has 5 heteroatoms. The number of hydrogen-bond acceptors (Lipinski definition) is 3. The average molecular weight is 243 g/mol. The van der Waals surface area contributed by atoms with E-state index in [9.17, 15) is 4.79 Å². The van der Waals surface area contributed by atoms with Gasteiger partial charge in [-0.1, -0.05) is 0 Å². The molecule has 0 aromatic carbocycles. The Labute approximate surface area is 99.5 Å². The molecule has 0 spiro atoms. The van der Waals surface area contributed by atoms with Crippen molar-refractivity contribution in [2.45, 2.75) is 18.9 Å². The molecular weight excluding hydrogens is 228 g/mol. The van der Waals surface area contributed by atoms with Gasteiger partial charge in [0.25, 0.3) is 5.91 Å². The summed E-state index contributed by atoms with van der Waals surface area (Å²) in [5.74, 6) is -0.0764. The predicted octanol–water partition coefficient (Wildman–Crippen LogP) is 1.76. The number of nitrogens with one attached hydrogen (secondary N) is 1. The fourth-order valence-electron chi connectivity index (χ4n) is 1.97. The van der Waals surface area contributed by atoms with Crippen LogP contribution in [0.4, 0.5) is 0 Å². The van der Waals surface area contributed by atoms with Crippen molar-refractivity contribution in [2.75, 3.05) is 20.1 Å². The number of hydrogen-bond donors (Lipinski definition) is 1. The van der Waals surface area contributed by atoms with E-state index in [-0.39, 0.29) is 17.2 Å². The zero-order chi connectivity index (χ0) is 11.5. The Kier molecular flexibility index (Phi) is 3.51. The highest BCUT2D eigenvalue weighted by Gasteiger charge is 2.25. The van der Waals surface area contributed by atoms with E-state index in [0.29, 0.717) is 5.56 Å². The van der Waals surface area contributed by atoms with Crippen molar-refractivity contribution in [1.29, 1.82) is 0 Å². The fraction of sp³-hybridized carbons (Fsp3) is 0.545. The maximum Gasteiger partial charge on any atom is 0.258 e. The van der Waals surface area contributed by atoms with E-state index >= 15 is 0 Å². The molecule has 1 amide bonds. The second-order valence-corrected chi connectivity index (χ2v) is 4.37. The molecule has 0 radical (unpaired) electrons. The minimum atomic E-state index is -0.0764. The van der Waals surface area contributed by atoms with E-state index in [4.69, 9.17) is 16.0 Å². The zero-order valence-electron chi connectivity index (χ0n) is 9.20. The van der Waals surface area contributed by atoms with Crippen LogP contribution < -0.4 is 5.32 Å². The van der Waals surface area contributed by atoms with E-state index in [1.54, 1.807) is 11.0 Å². The summed E-state index contributed by atoms with van der Waals surface area (Å²) in [4.78, 5) is 13.8. The third-order valence-electron chi connectivity index (χ3n) is 2.99. The van der Waals surface area contributed by atoms with Crippen LogP contribution in [0.1, 0.15) is 23.2 Å². The van der Waals surface area contributed by atoms with Gasteiger partial charge in [-0.15, -0.1) is 0 Å². The maximum absolute atomic E-state index is 12.1. The average Bonchev–Trinajstić information content (AvgIpc) is 2.75. The van der Waals surface area contributed by atoms with Gasteiger partial charge in [0, 0.05) is 19.6 Å². The standard InChI is InChI=1S/C11H15ClN2O2/c1-14(8-3-2-5-13-7-8)11(15)9-4-6-16-10(9)12/h4,6,8,13H,2-3,5,7H2,1H3. The normalized spacial score (nSPS) is 20.8. The summed E-state index contributed by atoms with van der Waals surface area (Å²) < 4.78 is 4.93. The van der Waals surface area contributed by atoms with Gasteiger partial charge in [0.15, 0.2) is 0 Å². The molecule has 1 N–H and O–H groups in total. The number of nitrogens with zero attached hydrogens (tertiary/aromatic N) is 1. The number of carbonyl (C=O) groups excluding carboxylic acids is 1. The molecular formula is C11H15ClN2O2. The van der Waals surface area contributed by atoms with Gasteiger partial charge in [-0.3, -0.25) is 4.79 Å². The number of piperidine rings is 1. The molecule has 4 nitrogen and oxygen atoms in total. The monoisotopic (exact) mass is 242 g/mol. The van der Waals surface area contributed by atoms with Gasteiger partial charge in [-0.05, 0) is 37.1 Å². The van der Waals surface area contributed by atoms with Gasteiger partial charge < -0.3 is 14.6 Å². The van der Waals surface area contributed by atoms with Crippen LogP contribution in [-0.4, -0.2) is 37.0 Å². The van der Waals surface area contributed by atoms with Crippen LogP contribution in [0.15, 0.2) is 16.7 Å². The first kappa shape index (κ1) is 11.5. The quantitative estimate of drug-likeness (QED) is 0.860. The van der Waals surface area contributed by atoms with Crippen LogP contribution in [0.3, 0.4) is 0 Å². The Bertz CT molecular complexity index is 372. The highest BCUT2D eigenvalue weighted by Crippen LogP contribution is 2.20. The molecule has 1 fully saturated rings. The lowest BCUT2D eigenvalue weighted by Crippen LogP contribution is -2.46. The van der Waals surface area contributed by atoms with Crippen molar-refractivity contribution in [2.24, 2.45) is 0 Å². The second kappa shape index (κ2) is 4.89. The Balaban J connectivity index is 2.06. The third kappa shape index (κ3) is 2.23. The topological polar surface area (TPSA) is 45.5 Å². The third-order valence-corrected chi connectivity index (χ3v) is 3.28. The first-order valence-electron chi connectivity index (χ1n) is 5.41. The number of likely N-dealkylation sites (N-methyl/N-ethyl adjacent to an activating group) is 1. The van der Waals surface area contributed by atoms with Crippen LogP contribution in [0, 0.1) is 0 Å². The van der Waals surface area contributed by atoms with Gasteiger partial charge >= 0.3 is 0 Å². The number of amides is 1. The van der Waals surface area contributed by atoms with E-state index < -0.39 is 0 Å². The van der Waals surface area contributed by atoms with Gasteiger partial charge in [0.2, 0.25) is 5.22 Å². The maximum atomic E-state index is 12.1. The summed E-state index contributed by atoms with van der Waals surface area (Å²) in [5, 5.41) is 3.45. The minimum Gasteiger partial charge on any atom is -0.452 e. The molecule has 1 saturated heterocycles. The van der Waals surface area contributed by atoms with Crippen molar-refractivity contribution in [1.82, 2.24) is 10.2 Å². The first-order valence-corrected chi connectivity index (χ1v) is 5.79. The predicted molar refractivity (Wildman–Crippen MR) is 61.7 cm³/mol. The largest absolute Gasteiger partial charge is 0.452 e. The molecule has 0 saturated carbocycles. The molecule has 1 aromatic rings. The Morgan fingerprint density at radius 2 is 2.50 bits per heavy atom.